The molecule has 0 saturated carbocycles. The molecule has 3 aromatic rings. The highest BCUT2D eigenvalue weighted by molar-refractivity contribution is 7.92. The number of aryl methyl sites for hydroxylation is 2. The molecule has 3 aromatic carbocycles. The average molecular weight is 466 g/mol. The number of sulfonamides is 1. The van der Waals surface area contributed by atoms with Gasteiger partial charge in [-0.3, -0.25) is 9.52 Å². The number of amides is 1. The van der Waals surface area contributed by atoms with Crippen LogP contribution < -0.4 is 14.9 Å². The van der Waals surface area contributed by atoms with Gasteiger partial charge in [-0.25, -0.2) is 8.42 Å². The maximum Gasteiger partial charge on any atom is 0.262 e. The summed E-state index contributed by atoms with van der Waals surface area (Å²) in [4.78, 5) is 15.3. The highest BCUT2D eigenvalue weighted by Crippen LogP contribution is 2.27. The van der Waals surface area contributed by atoms with Crippen LogP contribution in [0.2, 0.25) is 0 Å². The fourth-order valence-corrected chi connectivity index (χ4v) is 5.05. The molecule has 4 rings (SSSR count). The minimum atomic E-state index is -3.86. The zero-order valence-corrected chi connectivity index (χ0v) is 19.5. The summed E-state index contributed by atoms with van der Waals surface area (Å²) < 4.78 is 34.1. The summed E-state index contributed by atoms with van der Waals surface area (Å²) in [5.41, 5.74) is 3.91. The van der Waals surface area contributed by atoms with Gasteiger partial charge in [0.2, 0.25) is 0 Å². The summed E-state index contributed by atoms with van der Waals surface area (Å²) in [7, 11) is -3.86. The number of carbonyl (C=O) groups excluding carboxylic acids is 1. The number of ether oxygens (including phenoxy) is 1. The SMILES string of the molecule is Cc1ccc(NS(=O)(=O)c2cc(C(=O)Nc3ccccc3N3CCOCC3)ccc2C)cc1. The van der Waals surface area contributed by atoms with Crippen molar-refractivity contribution >= 4 is 33.0 Å². The second-order valence-corrected chi connectivity index (χ2v) is 9.67. The van der Waals surface area contributed by atoms with Gasteiger partial charge in [0.05, 0.1) is 29.5 Å². The first-order chi connectivity index (χ1) is 15.8. The Morgan fingerprint density at radius 3 is 2.36 bits per heavy atom. The topological polar surface area (TPSA) is 87.7 Å². The number of hydrogen-bond donors (Lipinski definition) is 2. The Morgan fingerprint density at radius 1 is 0.939 bits per heavy atom. The van der Waals surface area contributed by atoms with E-state index in [0.29, 0.717) is 30.2 Å². The predicted molar refractivity (Wildman–Crippen MR) is 131 cm³/mol. The van der Waals surface area contributed by atoms with Crippen LogP contribution in [0.4, 0.5) is 17.1 Å². The molecule has 1 aliphatic heterocycles. The minimum Gasteiger partial charge on any atom is -0.378 e. The number of nitrogens with zero attached hydrogens (tertiary/aromatic N) is 1. The minimum absolute atomic E-state index is 0.0668. The van der Waals surface area contributed by atoms with Crippen molar-refractivity contribution in [3.8, 4) is 0 Å². The first-order valence-electron chi connectivity index (χ1n) is 10.8. The summed E-state index contributed by atoms with van der Waals surface area (Å²) in [6.07, 6.45) is 0. The van der Waals surface area contributed by atoms with Crippen molar-refractivity contribution in [3.05, 3.63) is 83.4 Å². The Kier molecular flexibility index (Phi) is 6.67. The third-order valence-corrected chi connectivity index (χ3v) is 7.07. The van der Waals surface area contributed by atoms with E-state index < -0.39 is 10.0 Å². The number of nitrogens with one attached hydrogen (secondary N) is 2. The van der Waals surface area contributed by atoms with Gasteiger partial charge in [-0.2, -0.15) is 0 Å². The summed E-state index contributed by atoms with van der Waals surface area (Å²) in [5, 5.41) is 2.94. The van der Waals surface area contributed by atoms with Crippen molar-refractivity contribution in [3.63, 3.8) is 0 Å². The molecule has 1 aliphatic rings. The van der Waals surface area contributed by atoms with Crippen molar-refractivity contribution in [2.24, 2.45) is 0 Å². The molecule has 1 heterocycles. The predicted octanol–water partition coefficient (Wildman–Crippen LogP) is 4.19. The molecular formula is C25H27N3O4S. The second kappa shape index (κ2) is 9.64. The van der Waals surface area contributed by atoms with Crippen LogP contribution >= 0.6 is 0 Å². The monoisotopic (exact) mass is 465 g/mol. The first-order valence-corrected chi connectivity index (χ1v) is 12.2. The number of hydrogen-bond acceptors (Lipinski definition) is 5. The number of anilines is 3. The highest BCUT2D eigenvalue weighted by atomic mass is 32.2. The van der Waals surface area contributed by atoms with Gasteiger partial charge in [-0.1, -0.05) is 35.9 Å². The Balaban J connectivity index is 1.58. The zero-order chi connectivity index (χ0) is 23.4. The summed E-state index contributed by atoms with van der Waals surface area (Å²) in [6.45, 7) is 6.39. The van der Waals surface area contributed by atoms with Crippen molar-refractivity contribution in [2.75, 3.05) is 41.2 Å². The van der Waals surface area contributed by atoms with Gasteiger partial charge in [-0.05, 0) is 55.8 Å². The summed E-state index contributed by atoms with van der Waals surface area (Å²) in [6, 6.07) is 19.4. The van der Waals surface area contributed by atoms with E-state index in [1.54, 1.807) is 31.2 Å². The Morgan fingerprint density at radius 2 is 1.64 bits per heavy atom. The molecule has 1 fully saturated rings. The lowest BCUT2D eigenvalue weighted by molar-refractivity contribution is 0.102. The van der Waals surface area contributed by atoms with Crippen LogP contribution in [0, 0.1) is 13.8 Å². The van der Waals surface area contributed by atoms with Gasteiger partial charge in [0, 0.05) is 24.3 Å². The standard InChI is InChI=1S/C25H27N3O4S/c1-18-7-11-21(12-8-18)27-33(30,31)24-17-20(10-9-19(24)2)25(29)26-22-5-3-4-6-23(22)28-13-15-32-16-14-28/h3-12,17,27H,13-16H2,1-2H3,(H,26,29). The molecule has 0 spiro atoms. The quantitative estimate of drug-likeness (QED) is 0.570. The van der Waals surface area contributed by atoms with E-state index in [1.165, 1.54) is 6.07 Å². The lowest BCUT2D eigenvalue weighted by Crippen LogP contribution is -2.36. The fourth-order valence-electron chi connectivity index (χ4n) is 3.72. The molecule has 7 nitrogen and oxygen atoms in total. The van der Waals surface area contributed by atoms with E-state index in [4.69, 9.17) is 4.74 Å². The van der Waals surface area contributed by atoms with E-state index in [2.05, 4.69) is 14.9 Å². The first kappa shape index (κ1) is 22.8. The largest absolute Gasteiger partial charge is 0.378 e. The molecule has 1 amide bonds. The van der Waals surface area contributed by atoms with Gasteiger partial charge >= 0.3 is 0 Å². The molecular weight excluding hydrogens is 438 g/mol. The lowest BCUT2D eigenvalue weighted by Gasteiger charge is -2.30. The number of carbonyl (C=O) groups is 1. The van der Waals surface area contributed by atoms with Crippen molar-refractivity contribution < 1.29 is 17.9 Å². The Labute approximate surface area is 194 Å². The van der Waals surface area contributed by atoms with Crippen LogP contribution in [0.15, 0.2) is 71.6 Å². The number of morpholine rings is 1. The third-order valence-electron chi connectivity index (χ3n) is 5.55. The smallest absolute Gasteiger partial charge is 0.262 e. The van der Waals surface area contributed by atoms with E-state index in [1.807, 2.05) is 43.3 Å². The van der Waals surface area contributed by atoms with Crippen LogP contribution in [0.5, 0.6) is 0 Å². The molecule has 8 heteroatoms. The lowest BCUT2D eigenvalue weighted by atomic mass is 10.1. The van der Waals surface area contributed by atoms with Crippen LogP contribution in [0.25, 0.3) is 0 Å². The maximum atomic E-state index is 13.1. The molecule has 0 atom stereocenters. The van der Waals surface area contributed by atoms with Gasteiger partial charge in [0.15, 0.2) is 0 Å². The number of rotatable bonds is 6. The fraction of sp³-hybridized carbons (Fsp3) is 0.240. The third kappa shape index (κ3) is 5.35. The van der Waals surface area contributed by atoms with E-state index in [-0.39, 0.29) is 16.4 Å². The molecule has 2 N–H and O–H groups in total. The van der Waals surface area contributed by atoms with E-state index in [0.717, 1.165) is 24.3 Å². The second-order valence-electron chi connectivity index (χ2n) is 8.02. The van der Waals surface area contributed by atoms with Gasteiger partial charge in [-0.15, -0.1) is 0 Å². The normalized spacial score (nSPS) is 14.1. The molecule has 0 unspecified atom stereocenters. The van der Waals surface area contributed by atoms with Crippen molar-refractivity contribution in [1.82, 2.24) is 0 Å². The number of benzene rings is 3. The molecule has 1 saturated heterocycles. The molecule has 33 heavy (non-hydrogen) atoms. The van der Waals surface area contributed by atoms with Crippen molar-refractivity contribution in [1.29, 1.82) is 0 Å². The molecule has 0 radical (unpaired) electrons. The van der Waals surface area contributed by atoms with Gasteiger partial charge in [0.25, 0.3) is 15.9 Å². The Hall–Kier alpha value is -3.36. The molecule has 0 bridgehead atoms. The van der Waals surface area contributed by atoms with E-state index >= 15 is 0 Å². The molecule has 0 aliphatic carbocycles. The molecule has 0 aromatic heterocycles. The highest BCUT2D eigenvalue weighted by Gasteiger charge is 2.21. The number of para-hydroxylation sites is 2. The maximum absolute atomic E-state index is 13.1. The van der Waals surface area contributed by atoms with Crippen LogP contribution in [0.1, 0.15) is 21.5 Å². The van der Waals surface area contributed by atoms with Crippen LogP contribution in [0.3, 0.4) is 0 Å². The van der Waals surface area contributed by atoms with Gasteiger partial charge < -0.3 is 15.0 Å². The average Bonchev–Trinajstić information content (AvgIpc) is 2.81. The van der Waals surface area contributed by atoms with Crippen LogP contribution in [-0.4, -0.2) is 40.6 Å². The van der Waals surface area contributed by atoms with Gasteiger partial charge in [0.1, 0.15) is 0 Å². The van der Waals surface area contributed by atoms with Crippen LogP contribution in [-0.2, 0) is 14.8 Å². The summed E-state index contributed by atoms with van der Waals surface area (Å²) in [5.74, 6) is -0.373. The zero-order valence-electron chi connectivity index (χ0n) is 18.7. The molecule has 172 valence electrons. The van der Waals surface area contributed by atoms with Crippen molar-refractivity contribution in [2.45, 2.75) is 18.7 Å². The Bertz CT molecular complexity index is 1250. The van der Waals surface area contributed by atoms with E-state index in [9.17, 15) is 13.2 Å². The summed E-state index contributed by atoms with van der Waals surface area (Å²) >= 11 is 0.